The first-order valence-corrected chi connectivity index (χ1v) is 8.31. The van der Waals surface area contributed by atoms with Gasteiger partial charge in [-0.1, -0.05) is 17.7 Å². The van der Waals surface area contributed by atoms with E-state index >= 15 is 0 Å². The molecule has 3 heterocycles. The molecular formula is C18H21N5O. The molecule has 1 aliphatic heterocycles. The Bertz CT molecular complexity index is 820. The van der Waals surface area contributed by atoms with Crippen molar-refractivity contribution >= 4 is 0 Å². The number of aryl methyl sites for hydroxylation is 2. The number of hydrogen-bond acceptors (Lipinski definition) is 5. The predicted octanol–water partition coefficient (Wildman–Crippen LogP) is 3.12. The zero-order valence-corrected chi connectivity index (χ0v) is 14.0. The highest BCUT2D eigenvalue weighted by molar-refractivity contribution is 5.52. The van der Waals surface area contributed by atoms with E-state index in [1.54, 1.807) is 0 Å². The zero-order chi connectivity index (χ0) is 16.5. The highest BCUT2D eigenvalue weighted by Crippen LogP contribution is 2.33. The fraction of sp³-hybridized carbons (Fsp3) is 0.389. The van der Waals surface area contributed by atoms with Gasteiger partial charge in [0.25, 0.3) is 0 Å². The molecule has 0 amide bonds. The monoisotopic (exact) mass is 323 g/mol. The van der Waals surface area contributed by atoms with Crippen LogP contribution in [0, 0.1) is 6.92 Å². The van der Waals surface area contributed by atoms with Gasteiger partial charge in [0.1, 0.15) is 0 Å². The zero-order valence-electron chi connectivity index (χ0n) is 14.0. The molecule has 0 N–H and O–H groups in total. The van der Waals surface area contributed by atoms with E-state index in [0.717, 1.165) is 18.5 Å². The van der Waals surface area contributed by atoms with Crippen LogP contribution in [0.15, 0.2) is 41.1 Å². The summed E-state index contributed by atoms with van der Waals surface area (Å²) in [6.07, 6.45) is 6.37. The lowest BCUT2D eigenvalue weighted by molar-refractivity contribution is 0.224. The third-order valence-corrected chi connectivity index (χ3v) is 4.58. The summed E-state index contributed by atoms with van der Waals surface area (Å²) in [5.74, 6) is 1.25. The van der Waals surface area contributed by atoms with Gasteiger partial charge in [-0.3, -0.25) is 9.58 Å². The lowest BCUT2D eigenvalue weighted by atomic mass is 10.1. The van der Waals surface area contributed by atoms with Crippen molar-refractivity contribution in [1.29, 1.82) is 0 Å². The molecule has 1 aliphatic rings. The van der Waals surface area contributed by atoms with Crippen LogP contribution in [0.5, 0.6) is 0 Å². The third-order valence-electron chi connectivity index (χ3n) is 4.58. The van der Waals surface area contributed by atoms with Crippen molar-refractivity contribution in [3.63, 3.8) is 0 Å². The van der Waals surface area contributed by atoms with Crippen LogP contribution in [0.3, 0.4) is 0 Å². The van der Waals surface area contributed by atoms with Crippen molar-refractivity contribution in [2.75, 3.05) is 6.54 Å². The van der Waals surface area contributed by atoms with E-state index in [-0.39, 0.29) is 0 Å². The molecule has 0 aliphatic carbocycles. The van der Waals surface area contributed by atoms with Crippen molar-refractivity contribution < 1.29 is 4.42 Å². The maximum Gasteiger partial charge on any atom is 0.247 e. The lowest BCUT2D eigenvalue weighted by Crippen LogP contribution is -2.22. The molecule has 1 fully saturated rings. The second kappa shape index (κ2) is 6.20. The number of likely N-dealkylation sites (tertiary alicyclic amines) is 1. The van der Waals surface area contributed by atoms with E-state index in [9.17, 15) is 0 Å². The summed E-state index contributed by atoms with van der Waals surface area (Å²) >= 11 is 0. The smallest absolute Gasteiger partial charge is 0.247 e. The number of aromatic nitrogens is 4. The molecule has 3 aromatic rings. The van der Waals surface area contributed by atoms with E-state index in [4.69, 9.17) is 4.42 Å². The van der Waals surface area contributed by atoms with Crippen molar-refractivity contribution in [3.8, 4) is 11.5 Å². The van der Waals surface area contributed by atoms with E-state index in [0.29, 0.717) is 24.4 Å². The number of benzene rings is 1. The largest absolute Gasteiger partial charge is 0.419 e. The first kappa shape index (κ1) is 15.1. The highest BCUT2D eigenvalue weighted by Gasteiger charge is 2.28. The van der Waals surface area contributed by atoms with Crippen LogP contribution in [0.25, 0.3) is 11.5 Å². The van der Waals surface area contributed by atoms with Crippen LogP contribution >= 0.6 is 0 Å². The minimum Gasteiger partial charge on any atom is -0.419 e. The number of rotatable bonds is 4. The fourth-order valence-electron chi connectivity index (χ4n) is 3.31. The number of nitrogens with zero attached hydrogens (tertiary/aromatic N) is 5. The Morgan fingerprint density at radius 3 is 2.79 bits per heavy atom. The van der Waals surface area contributed by atoms with Gasteiger partial charge in [-0.25, -0.2) is 0 Å². The van der Waals surface area contributed by atoms with Crippen LogP contribution in [0.2, 0.25) is 0 Å². The molecule has 1 saturated heterocycles. The average Bonchev–Trinajstić information content (AvgIpc) is 3.30. The number of hydrogen-bond donors (Lipinski definition) is 0. The fourth-order valence-corrected chi connectivity index (χ4v) is 3.31. The molecule has 0 bridgehead atoms. The lowest BCUT2D eigenvalue weighted by Gasteiger charge is -2.21. The summed E-state index contributed by atoms with van der Waals surface area (Å²) in [5.41, 5.74) is 3.44. The second-order valence-corrected chi connectivity index (χ2v) is 6.44. The quantitative estimate of drug-likeness (QED) is 0.738. The summed E-state index contributed by atoms with van der Waals surface area (Å²) in [6.45, 7) is 3.79. The van der Waals surface area contributed by atoms with Crippen LogP contribution in [0.4, 0.5) is 0 Å². The second-order valence-electron chi connectivity index (χ2n) is 6.44. The molecule has 4 rings (SSSR count). The molecule has 6 heteroatoms. The van der Waals surface area contributed by atoms with Gasteiger partial charge in [0.2, 0.25) is 11.8 Å². The maximum atomic E-state index is 5.88. The van der Waals surface area contributed by atoms with Gasteiger partial charge in [0.05, 0.1) is 12.7 Å². The van der Waals surface area contributed by atoms with Gasteiger partial charge in [-0.2, -0.15) is 5.10 Å². The van der Waals surface area contributed by atoms with Gasteiger partial charge < -0.3 is 4.42 Å². The molecule has 124 valence electrons. The first-order chi connectivity index (χ1) is 11.7. The molecule has 0 unspecified atom stereocenters. The topological polar surface area (TPSA) is 60.0 Å². The highest BCUT2D eigenvalue weighted by atomic mass is 16.4. The van der Waals surface area contributed by atoms with E-state index in [1.807, 2.05) is 30.1 Å². The summed E-state index contributed by atoms with van der Waals surface area (Å²) in [7, 11) is 1.95. The minimum atomic E-state index is 0.383. The Labute approximate surface area is 141 Å². The first-order valence-electron chi connectivity index (χ1n) is 8.31. The van der Waals surface area contributed by atoms with Gasteiger partial charge in [-0.15, -0.1) is 10.2 Å². The van der Waals surface area contributed by atoms with Crippen molar-refractivity contribution in [1.82, 2.24) is 24.9 Å². The summed E-state index contributed by atoms with van der Waals surface area (Å²) in [6, 6.07) is 8.52. The normalized spacial score (nSPS) is 18.3. The SMILES string of the molecule is Cc1ccc(-c2nnc(CN3CCC[C@@H]3c3cnn(C)c3)o2)cc1. The Kier molecular flexibility index (Phi) is 3.90. The Morgan fingerprint density at radius 2 is 2.04 bits per heavy atom. The molecule has 0 radical (unpaired) electrons. The average molecular weight is 323 g/mol. The molecular weight excluding hydrogens is 302 g/mol. The molecule has 24 heavy (non-hydrogen) atoms. The van der Waals surface area contributed by atoms with E-state index in [1.165, 1.54) is 17.5 Å². The van der Waals surface area contributed by atoms with Crippen molar-refractivity contribution in [3.05, 3.63) is 53.7 Å². The van der Waals surface area contributed by atoms with Gasteiger partial charge in [0, 0.05) is 30.4 Å². The molecule has 0 saturated carbocycles. The summed E-state index contributed by atoms with van der Waals surface area (Å²) < 4.78 is 7.73. The molecule has 2 aromatic heterocycles. The van der Waals surface area contributed by atoms with E-state index in [2.05, 4.69) is 45.4 Å². The Hall–Kier alpha value is -2.47. The van der Waals surface area contributed by atoms with Crippen molar-refractivity contribution in [2.45, 2.75) is 32.4 Å². The molecule has 1 aromatic carbocycles. The maximum absolute atomic E-state index is 5.88. The van der Waals surface area contributed by atoms with E-state index < -0.39 is 0 Å². The molecule has 0 spiro atoms. The minimum absolute atomic E-state index is 0.383. The molecule has 1 atom stereocenters. The van der Waals surface area contributed by atoms with Crippen molar-refractivity contribution in [2.24, 2.45) is 7.05 Å². The summed E-state index contributed by atoms with van der Waals surface area (Å²) in [4.78, 5) is 2.39. The van der Waals surface area contributed by atoms with Crippen LogP contribution in [-0.4, -0.2) is 31.4 Å². The summed E-state index contributed by atoms with van der Waals surface area (Å²) in [5, 5.41) is 12.7. The van der Waals surface area contributed by atoms with Gasteiger partial charge >= 0.3 is 0 Å². The van der Waals surface area contributed by atoms with Gasteiger partial charge in [0.15, 0.2) is 0 Å². The third kappa shape index (κ3) is 2.97. The van der Waals surface area contributed by atoms with Crippen LogP contribution < -0.4 is 0 Å². The Balaban J connectivity index is 1.50. The van der Waals surface area contributed by atoms with Gasteiger partial charge in [-0.05, 0) is 38.4 Å². The predicted molar refractivity (Wildman–Crippen MR) is 90.1 cm³/mol. The standard InChI is InChI=1S/C18H21N5O/c1-13-5-7-14(8-6-13)18-21-20-17(24-18)12-23-9-3-4-16(23)15-10-19-22(2)11-15/h5-8,10-11,16H,3-4,9,12H2,1-2H3/t16-/m1/s1. The van der Waals surface area contributed by atoms with Crippen LogP contribution in [0.1, 0.15) is 35.9 Å². The Morgan fingerprint density at radius 1 is 1.21 bits per heavy atom. The van der Waals surface area contributed by atoms with Crippen LogP contribution in [-0.2, 0) is 13.6 Å². The molecule has 6 nitrogen and oxygen atoms in total.